The number of carbonyl (C=O) groups is 1. The number of hydrogen-bond acceptors (Lipinski definition) is 3. The number of ether oxygens (including phenoxy) is 1. The van der Waals surface area contributed by atoms with Crippen molar-refractivity contribution in [3.63, 3.8) is 0 Å². The number of carboxylic acid groups (broad SMARTS) is 1. The molecule has 2 aliphatic rings. The molecule has 2 N–H and O–H groups in total. The van der Waals surface area contributed by atoms with E-state index >= 15 is 0 Å². The van der Waals surface area contributed by atoms with Crippen LogP contribution in [0.4, 0.5) is 4.79 Å². The Balaban J connectivity index is 1.88. The van der Waals surface area contributed by atoms with Crippen LogP contribution in [0.5, 0.6) is 0 Å². The van der Waals surface area contributed by atoms with E-state index in [1.165, 1.54) is 32.1 Å². The molecule has 1 saturated heterocycles. The van der Waals surface area contributed by atoms with E-state index in [2.05, 4.69) is 5.32 Å². The van der Waals surface area contributed by atoms with Crippen LogP contribution in [0.25, 0.3) is 0 Å². The lowest BCUT2D eigenvalue weighted by molar-refractivity contribution is 0.0425. The van der Waals surface area contributed by atoms with Crippen LogP contribution in [0.15, 0.2) is 0 Å². The van der Waals surface area contributed by atoms with Crippen LogP contribution in [0.2, 0.25) is 0 Å². The first-order valence-corrected chi connectivity index (χ1v) is 5.41. The number of fused-ring (bicyclic) bond motifs is 1. The molecule has 14 heavy (non-hydrogen) atoms. The number of rotatable bonds is 1. The summed E-state index contributed by atoms with van der Waals surface area (Å²) in [5.41, 5.74) is 0. The Hall–Kier alpha value is -0.770. The van der Waals surface area contributed by atoms with E-state index in [0.717, 1.165) is 6.42 Å². The molecule has 0 spiro atoms. The number of nitrogens with one attached hydrogen (secondary N) is 1. The van der Waals surface area contributed by atoms with E-state index in [1.54, 1.807) is 0 Å². The average Bonchev–Trinajstić information content (AvgIpc) is 2.34. The molecule has 3 atom stereocenters. The van der Waals surface area contributed by atoms with Crippen molar-refractivity contribution in [3.8, 4) is 0 Å². The highest BCUT2D eigenvalue weighted by atomic mass is 16.7. The topological polar surface area (TPSA) is 58.6 Å². The lowest BCUT2D eigenvalue weighted by Gasteiger charge is -2.14. The van der Waals surface area contributed by atoms with Crippen molar-refractivity contribution >= 4 is 6.16 Å². The first-order valence-electron chi connectivity index (χ1n) is 5.41. The minimum Gasteiger partial charge on any atom is -0.450 e. The van der Waals surface area contributed by atoms with Crippen LogP contribution < -0.4 is 5.32 Å². The molecule has 0 radical (unpaired) electrons. The predicted molar refractivity (Wildman–Crippen MR) is 51.0 cm³/mol. The molecular formula is C10H17NO3. The normalized spacial score (nSPS) is 37.3. The molecule has 2 fully saturated rings. The van der Waals surface area contributed by atoms with Gasteiger partial charge in [-0.1, -0.05) is 19.3 Å². The van der Waals surface area contributed by atoms with Gasteiger partial charge >= 0.3 is 6.16 Å². The van der Waals surface area contributed by atoms with Gasteiger partial charge in [0, 0.05) is 12.5 Å². The fourth-order valence-corrected chi connectivity index (χ4v) is 2.67. The maximum Gasteiger partial charge on any atom is 0.507 e. The summed E-state index contributed by atoms with van der Waals surface area (Å²) in [5.74, 6) is 0.627. The lowest BCUT2D eigenvalue weighted by Crippen LogP contribution is -2.33. The molecule has 3 unspecified atom stereocenters. The standard InChI is InChI=1S/C10H17NO3/c12-10(13)14-9-6-7-4-2-1-3-5-8(7)11-9/h7-9,11H,1-6H2,(H,12,13). The zero-order chi connectivity index (χ0) is 9.97. The molecule has 0 aromatic heterocycles. The Labute approximate surface area is 83.6 Å². The monoisotopic (exact) mass is 199 g/mol. The third-order valence-corrected chi connectivity index (χ3v) is 3.32. The van der Waals surface area contributed by atoms with Crippen molar-refractivity contribution in [2.45, 2.75) is 50.8 Å². The van der Waals surface area contributed by atoms with Gasteiger partial charge in [-0.05, 0) is 18.8 Å². The van der Waals surface area contributed by atoms with Crippen LogP contribution in [0.3, 0.4) is 0 Å². The van der Waals surface area contributed by atoms with Crippen molar-refractivity contribution < 1.29 is 14.6 Å². The molecule has 4 heteroatoms. The van der Waals surface area contributed by atoms with E-state index in [4.69, 9.17) is 9.84 Å². The van der Waals surface area contributed by atoms with E-state index in [0.29, 0.717) is 12.0 Å². The summed E-state index contributed by atoms with van der Waals surface area (Å²) >= 11 is 0. The lowest BCUT2D eigenvalue weighted by atomic mass is 9.96. The van der Waals surface area contributed by atoms with Crippen LogP contribution in [-0.4, -0.2) is 23.5 Å². The van der Waals surface area contributed by atoms with Crippen molar-refractivity contribution in [1.82, 2.24) is 5.32 Å². The third-order valence-electron chi connectivity index (χ3n) is 3.32. The Morgan fingerprint density at radius 2 is 2.07 bits per heavy atom. The molecule has 1 aliphatic heterocycles. The first kappa shape index (κ1) is 9.77. The van der Waals surface area contributed by atoms with Crippen molar-refractivity contribution in [2.75, 3.05) is 0 Å². The third kappa shape index (κ3) is 2.18. The molecule has 1 saturated carbocycles. The Morgan fingerprint density at radius 3 is 2.86 bits per heavy atom. The van der Waals surface area contributed by atoms with Gasteiger partial charge in [-0.25, -0.2) is 4.79 Å². The van der Waals surface area contributed by atoms with Gasteiger partial charge in [0.05, 0.1) is 0 Å². The van der Waals surface area contributed by atoms with E-state index in [-0.39, 0.29) is 6.23 Å². The zero-order valence-electron chi connectivity index (χ0n) is 8.24. The number of hydrogen-bond donors (Lipinski definition) is 2. The maximum absolute atomic E-state index is 10.4. The van der Waals surface area contributed by atoms with Gasteiger partial charge in [0.15, 0.2) is 6.23 Å². The molecule has 1 aliphatic carbocycles. The smallest absolute Gasteiger partial charge is 0.450 e. The highest BCUT2D eigenvalue weighted by Crippen LogP contribution is 2.32. The molecule has 0 bridgehead atoms. The summed E-state index contributed by atoms with van der Waals surface area (Å²) in [7, 11) is 0. The van der Waals surface area contributed by atoms with Crippen LogP contribution in [0.1, 0.15) is 38.5 Å². The maximum atomic E-state index is 10.4. The SMILES string of the molecule is O=C(O)OC1CC2CCCCCC2N1. The quantitative estimate of drug-likeness (QED) is 0.634. The van der Waals surface area contributed by atoms with Gasteiger partial charge in [-0.15, -0.1) is 0 Å². The van der Waals surface area contributed by atoms with Gasteiger partial charge in [0.25, 0.3) is 0 Å². The van der Waals surface area contributed by atoms with Crippen molar-refractivity contribution in [1.29, 1.82) is 0 Å². The predicted octanol–water partition coefficient (Wildman–Crippen LogP) is 1.95. The van der Waals surface area contributed by atoms with Gasteiger partial charge in [0.1, 0.15) is 0 Å². The Kier molecular flexibility index (Phi) is 2.91. The summed E-state index contributed by atoms with van der Waals surface area (Å²) in [5, 5.41) is 11.8. The summed E-state index contributed by atoms with van der Waals surface area (Å²) in [6, 6.07) is 0.488. The molecule has 0 aromatic carbocycles. The van der Waals surface area contributed by atoms with Crippen LogP contribution in [0, 0.1) is 5.92 Å². The summed E-state index contributed by atoms with van der Waals surface area (Å²) in [6.07, 6.45) is 5.67. The molecule has 80 valence electrons. The molecule has 4 nitrogen and oxygen atoms in total. The molecule has 2 rings (SSSR count). The highest BCUT2D eigenvalue weighted by molar-refractivity contribution is 5.57. The zero-order valence-corrected chi connectivity index (χ0v) is 8.24. The van der Waals surface area contributed by atoms with E-state index in [1.807, 2.05) is 0 Å². The first-order chi connectivity index (χ1) is 6.75. The molecule has 0 aromatic rings. The minimum absolute atomic E-state index is 0.263. The van der Waals surface area contributed by atoms with Crippen molar-refractivity contribution in [2.24, 2.45) is 5.92 Å². The second-order valence-corrected chi connectivity index (χ2v) is 4.28. The van der Waals surface area contributed by atoms with Crippen molar-refractivity contribution in [3.05, 3.63) is 0 Å². The summed E-state index contributed by atoms with van der Waals surface area (Å²) < 4.78 is 4.75. The van der Waals surface area contributed by atoms with E-state index in [9.17, 15) is 4.79 Å². The van der Waals surface area contributed by atoms with E-state index < -0.39 is 6.16 Å². The average molecular weight is 199 g/mol. The molecular weight excluding hydrogens is 182 g/mol. The largest absolute Gasteiger partial charge is 0.507 e. The van der Waals surface area contributed by atoms with Gasteiger partial charge < -0.3 is 9.84 Å². The van der Waals surface area contributed by atoms with Crippen LogP contribution in [-0.2, 0) is 4.74 Å². The Bertz CT molecular complexity index is 205. The second kappa shape index (κ2) is 4.17. The minimum atomic E-state index is -1.17. The van der Waals surface area contributed by atoms with Gasteiger partial charge in [-0.3, -0.25) is 5.32 Å². The fraction of sp³-hybridized carbons (Fsp3) is 0.900. The molecule has 1 heterocycles. The van der Waals surface area contributed by atoms with Gasteiger partial charge in [0.2, 0.25) is 0 Å². The summed E-state index contributed by atoms with van der Waals surface area (Å²) in [4.78, 5) is 10.4. The Morgan fingerprint density at radius 1 is 1.29 bits per heavy atom. The fourth-order valence-electron chi connectivity index (χ4n) is 2.67. The molecule has 0 amide bonds. The van der Waals surface area contributed by atoms with Crippen LogP contribution >= 0.6 is 0 Å². The second-order valence-electron chi connectivity index (χ2n) is 4.28. The highest BCUT2D eigenvalue weighted by Gasteiger charge is 2.35. The van der Waals surface area contributed by atoms with Gasteiger partial charge in [-0.2, -0.15) is 0 Å². The summed E-state index contributed by atoms with van der Waals surface area (Å²) in [6.45, 7) is 0.